The molecule has 0 unspecified atom stereocenters. The first-order valence-corrected chi connectivity index (χ1v) is 7.18. The predicted octanol–water partition coefficient (Wildman–Crippen LogP) is 4.36. The zero-order valence-corrected chi connectivity index (χ0v) is 11.9. The molecule has 0 atom stereocenters. The van der Waals surface area contributed by atoms with Crippen molar-refractivity contribution in [2.24, 2.45) is 11.8 Å². The molecule has 1 N–H and O–H groups in total. The SMILES string of the molecule is CC(C)C1CCC(Nc2ccc(F)cc2[N+](=O)[O-])CC1. The highest BCUT2D eigenvalue weighted by Gasteiger charge is 2.25. The van der Waals surface area contributed by atoms with Crippen molar-refractivity contribution < 1.29 is 9.31 Å². The van der Waals surface area contributed by atoms with Gasteiger partial charge in [0, 0.05) is 6.04 Å². The number of anilines is 1. The highest BCUT2D eigenvalue weighted by Crippen LogP contribution is 2.33. The highest BCUT2D eigenvalue weighted by molar-refractivity contribution is 5.61. The Hall–Kier alpha value is -1.65. The van der Waals surface area contributed by atoms with E-state index in [0.717, 1.165) is 37.7 Å². The summed E-state index contributed by atoms with van der Waals surface area (Å²) in [5, 5.41) is 14.2. The van der Waals surface area contributed by atoms with Crippen molar-refractivity contribution in [2.75, 3.05) is 5.32 Å². The van der Waals surface area contributed by atoms with E-state index in [1.807, 2.05) is 0 Å². The van der Waals surface area contributed by atoms with Gasteiger partial charge in [0.2, 0.25) is 0 Å². The number of hydrogen-bond acceptors (Lipinski definition) is 3. The number of halogens is 1. The molecular weight excluding hydrogens is 259 g/mol. The molecule has 1 fully saturated rings. The molecule has 1 aliphatic rings. The topological polar surface area (TPSA) is 55.2 Å². The van der Waals surface area contributed by atoms with Crippen molar-refractivity contribution in [3.63, 3.8) is 0 Å². The minimum absolute atomic E-state index is 0.184. The van der Waals surface area contributed by atoms with E-state index in [4.69, 9.17) is 0 Å². The quantitative estimate of drug-likeness (QED) is 0.658. The lowest BCUT2D eigenvalue weighted by molar-refractivity contribution is -0.384. The number of nitrogens with one attached hydrogen (secondary N) is 1. The Morgan fingerprint density at radius 2 is 1.95 bits per heavy atom. The third-order valence-corrected chi connectivity index (χ3v) is 4.23. The van der Waals surface area contributed by atoms with E-state index >= 15 is 0 Å². The molecule has 0 amide bonds. The van der Waals surface area contributed by atoms with Gasteiger partial charge in [-0.25, -0.2) is 4.39 Å². The van der Waals surface area contributed by atoms with E-state index in [1.54, 1.807) is 0 Å². The van der Waals surface area contributed by atoms with Crippen molar-refractivity contribution in [3.8, 4) is 0 Å². The molecule has 1 aromatic carbocycles. The molecule has 20 heavy (non-hydrogen) atoms. The summed E-state index contributed by atoms with van der Waals surface area (Å²) < 4.78 is 13.1. The van der Waals surface area contributed by atoms with Crippen LogP contribution in [0.4, 0.5) is 15.8 Å². The molecule has 0 heterocycles. The second kappa shape index (κ2) is 6.20. The van der Waals surface area contributed by atoms with Crippen molar-refractivity contribution in [3.05, 3.63) is 34.1 Å². The molecule has 0 bridgehead atoms. The first kappa shape index (κ1) is 14.8. The van der Waals surface area contributed by atoms with Crippen molar-refractivity contribution in [1.82, 2.24) is 0 Å². The Bertz CT molecular complexity index is 483. The summed E-state index contributed by atoms with van der Waals surface area (Å²) in [7, 11) is 0. The van der Waals surface area contributed by atoms with Gasteiger partial charge in [0.25, 0.3) is 5.69 Å². The summed E-state index contributed by atoms with van der Waals surface area (Å²) in [4.78, 5) is 10.4. The number of hydrogen-bond donors (Lipinski definition) is 1. The Morgan fingerprint density at radius 3 is 2.50 bits per heavy atom. The number of nitrogens with zero attached hydrogens (tertiary/aromatic N) is 1. The average molecular weight is 280 g/mol. The van der Waals surface area contributed by atoms with E-state index < -0.39 is 10.7 Å². The first-order valence-electron chi connectivity index (χ1n) is 7.18. The minimum Gasteiger partial charge on any atom is -0.377 e. The van der Waals surface area contributed by atoms with Crippen LogP contribution in [0.15, 0.2) is 18.2 Å². The number of benzene rings is 1. The van der Waals surface area contributed by atoms with Crippen LogP contribution in [0.5, 0.6) is 0 Å². The lowest BCUT2D eigenvalue weighted by atomic mass is 9.79. The van der Waals surface area contributed by atoms with Gasteiger partial charge in [-0.3, -0.25) is 10.1 Å². The van der Waals surface area contributed by atoms with Gasteiger partial charge in [-0.1, -0.05) is 13.8 Å². The number of nitro benzene ring substituents is 1. The maximum atomic E-state index is 13.1. The average Bonchev–Trinajstić information content (AvgIpc) is 2.41. The molecule has 5 heteroatoms. The van der Waals surface area contributed by atoms with Crippen molar-refractivity contribution in [1.29, 1.82) is 0 Å². The standard InChI is InChI=1S/C15H21FN2O2/c1-10(2)11-3-6-13(7-4-11)17-14-8-5-12(16)9-15(14)18(19)20/h5,8-11,13,17H,3-4,6-7H2,1-2H3. The lowest BCUT2D eigenvalue weighted by Gasteiger charge is -2.31. The summed E-state index contributed by atoms with van der Waals surface area (Å²) in [5.74, 6) is 0.859. The fraction of sp³-hybridized carbons (Fsp3) is 0.600. The van der Waals surface area contributed by atoms with Gasteiger partial charge in [-0.2, -0.15) is 0 Å². The summed E-state index contributed by atoms with van der Waals surface area (Å²) in [6.45, 7) is 4.48. The fourth-order valence-electron chi connectivity index (χ4n) is 2.93. The summed E-state index contributed by atoms with van der Waals surface area (Å²) >= 11 is 0. The van der Waals surface area contributed by atoms with Gasteiger partial charge >= 0.3 is 0 Å². The highest BCUT2D eigenvalue weighted by atomic mass is 19.1. The Kier molecular flexibility index (Phi) is 4.57. The van der Waals surface area contributed by atoms with E-state index in [0.29, 0.717) is 11.6 Å². The van der Waals surface area contributed by atoms with Crippen LogP contribution in [0.3, 0.4) is 0 Å². The van der Waals surface area contributed by atoms with Crippen LogP contribution in [-0.2, 0) is 0 Å². The molecule has 0 aliphatic heterocycles. The van der Waals surface area contributed by atoms with E-state index in [-0.39, 0.29) is 11.7 Å². The molecule has 110 valence electrons. The third-order valence-electron chi connectivity index (χ3n) is 4.23. The van der Waals surface area contributed by atoms with Crippen LogP contribution >= 0.6 is 0 Å². The summed E-state index contributed by atoms with van der Waals surface area (Å²) in [6, 6.07) is 3.94. The second-order valence-electron chi connectivity index (χ2n) is 5.92. The van der Waals surface area contributed by atoms with Crippen LogP contribution in [0.1, 0.15) is 39.5 Å². The van der Waals surface area contributed by atoms with Crippen molar-refractivity contribution in [2.45, 2.75) is 45.6 Å². The molecule has 1 aromatic rings. The smallest absolute Gasteiger partial charge is 0.295 e. The first-order chi connectivity index (χ1) is 9.47. The zero-order chi connectivity index (χ0) is 14.7. The second-order valence-corrected chi connectivity index (χ2v) is 5.92. The van der Waals surface area contributed by atoms with Crippen LogP contribution in [0.25, 0.3) is 0 Å². The normalized spacial score (nSPS) is 22.8. The molecule has 4 nitrogen and oxygen atoms in total. The van der Waals surface area contributed by atoms with Gasteiger partial charge in [-0.15, -0.1) is 0 Å². The maximum absolute atomic E-state index is 13.1. The summed E-state index contributed by atoms with van der Waals surface area (Å²) in [5.41, 5.74) is 0.236. The Labute approximate surface area is 118 Å². The van der Waals surface area contributed by atoms with Crippen LogP contribution < -0.4 is 5.32 Å². The van der Waals surface area contributed by atoms with E-state index in [1.165, 1.54) is 12.1 Å². The lowest BCUT2D eigenvalue weighted by Crippen LogP contribution is -2.28. The molecule has 0 aromatic heterocycles. The molecule has 0 spiro atoms. The maximum Gasteiger partial charge on any atom is 0.295 e. The van der Waals surface area contributed by atoms with Gasteiger partial charge in [0.1, 0.15) is 11.5 Å². The van der Waals surface area contributed by atoms with Gasteiger partial charge < -0.3 is 5.32 Å². The van der Waals surface area contributed by atoms with E-state index in [9.17, 15) is 14.5 Å². The van der Waals surface area contributed by atoms with Crippen molar-refractivity contribution >= 4 is 11.4 Å². The summed E-state index contributed by atoms with van der Waals surface area (Å²) in [6.07, 6.45) is 4.31. The Morgan fingerprint density at radius 1 is 1.30 bits per heavy atom. The fourth-order valence-corrected chi connectivity index (χ4v) is 2.93. The van der Waals surface area contributed by atoms with Crippen LogP contribution in [-0.4, -0.2) is 11.0 Å². The molecule has 0 radical (unpaired) electrons. The minimum atomic E-state index is -0.578. The monoisotopic (exact) mass is 280 g/mol. The predicted molar refractivity (Wildman–Crippen MR) is 77.3 cm³/mol. The molecular formula is C15H21FN2O2. The number of rotatable bonds is 4. The van der Waals surface area contributed by atoms with Gasteiger partial charge in [0.15, 0.2) is 0 Å². The largest absolute Gasteiger partial charge is 0.377 e. The molecule has 0 saturated heterocycles. The van der Waals surface area contributed by atoms with E-state index in [2.05, 4.69) is 19.2 Å². The molecule has 2 rings (SSSR count). The van der Waals surface area contributed by atoms with Gasteiger partial charge in [-0.05, 0) is 49.7 Å². The van der Waals surface area contributed by atoms with Crippen LogP contribution in [0.2, 0.25) is 0 Å². The number of nitro groups is 1. The molecule has 1 aliphatic carbocycles. The molecule has 1 saturated carbocycles. The third kappa shape index (κ3) is 3.46. The zero-order valence-electron chi connectivity index (χ0n) is 11.9. The Balaban J connectivity index is 2.03. The van der Waals surface area contributed by atoms with Crippen LogP contribution in [0, 0.1) is 27.8 Å². The van der Waals surface area contributed by atoms with Gasteiger partial charge in [0.05, 0.1) is 11.0 Å².